The second kappa shape index (κ2) is 8.62. The van der Waals surface area contributed by atoms with Crippen molar-refractivity contribution in [3.63, 3.8) is 0 Å². The first kappa shape index (κ1) is 16.7. The first-order valence-electron chi connectivity index (χ1n) is 8.26. The van der Waals surface area contributed by atoms with Gasteiger partial charge in [0, 0.05) is 4.83 Å². The number of rotatable bonds is 6. The summed E-state index contributed by atoms with van der Waals surface area (Å²) in [5, 5.41) is 0. The van der Waals surface area contributed by atoms with Crippen LogP contribution in [0.5, 0.6) is 0 Å². The molecule has 0 aliphatic heterocycles. The van der Waals surface area contributed by atoms with Gasteiger partial charge >= 0.3 is 0 Å². The van der Waals surface area contributed by atoms with E-state index in [0.29, 0.717) is 18.0 Å². The van der Waals surface area contributed by atoms with E-state index >= 15 is 0 Å². The van der Waals surface area contributed by atoms with Crippen LogP contribution in [0.4, 0.5) is 0 Å². The van der Waals surface area contributed by atoms with Crippen molar-refractivity contribution < 1.29 is 9.47 Å². The lowest BCUT2D eigenvalue weighted by Gasteiger charge is -2.34. The molecule has 3 rings (SSSR count). The molecule has 1 aliphatic carbocycles. The molecule has 2 aromatic carbocycles. The van der Waals surface area contributed by atoms with Crippen LogP contribution in [0.2, 0.25) is 0 Å². The van der Waals surface area contributed by atoms with Crippen molar-refractivity contribution in [2.24, 2.45) is 0 Å². The van der Waals surface area contributed by atoms with Gasteiger partial charge in [0.1, 0.15) is 0 Å². The molecule has 122 valence electrons. The molecule has 3 atom stereocenters. The summed E-state index contributed by atoms with van der Waals surface area (Å²) in [6, 6.07) is 20.7. The van der Waals surface area contributed by atoms with Gasteiger partial charge in [0.2, 0.25) is 0 Å². The number of benzene rings is 2. The van der Waals surface area contributed by atoms with Crippen molar-refractivity contribution in [3.8, 4) is 0 Å². The zero-order valence-corrected chi connectivity index (χ0v) is 14.8. The van der Waals surface area contributed by atoms with Crippen LogP contribution in [-0.2, 0) is 22.7 Å². The molecule has 2 nitrogen and oxygen atoms in total. The molecular weight excluding hydrogens is 352 g/mol. The van der Waals surface area contributed by atoms with E-state index in [0.717, 1.165) is 19.3 Å². The van der Waals surface area contributed by atoms with Gasteiger partial charge in [-0.2, -0.15) is 0 Å². The van der Waals surface area contributed by atoms with E-state index < -0.39 is 0 Å². The summed E-state index contributed by atoms with van der Waals surface area (Å²) in [6.07, 6.45) is 3.52. The number of halogens is 1. The van der Waals surface area contributed by atoms with Crippen molar-refractivity contribution in [2.45, 2.75) is 49.5 Å². The molecule has 1 fully saturated rings. The molecule has 1 saturated carbocycles. The molecular formula is C20H23BrO2. The van der Waals surface area contributed by atoms with Crippen molar-refractivity contribution in [1.82, 2.24) is 0 Å². The van der Waals surface area contributed by atoms with Gasteiger partial charge in [-0.3, -0.25) is 0 Å². The molecule has 0 radical (unpaired) electrons. The third-order valence-electron chi connectivity index (χ3n) is 4.28. The zero-order valence-electron chi connectivity index (χ0n) is 13.2. The molecule has 23 heavy (non-hydrogen) atoms. The van der Waals surface area contributed by atoms with Crippen LogP contribution in [0, 0.1) is 0 Å². The summed E-state index contributed by atoms with van der Waals surface area (Å²) in [4.78, 5) is 0.528. The van der Waals surface area contributed by atoms with Crippen LogP contribution in [0.15, 0.2) is 60.7 Å². The molecule has 0 spiro atoms. The quantitative estimate of drug-likeness (QED) is 0.654. The first-order valence-corrected chi connectivity index (χ1v) is 9.18. The largest absolute Gasteiger partial charge is 0.371 e. The van der Waals surface area contributed by atoms with Crippen LogP contribution in [0.25, 0.3) is 0 Å². The van der Waals surface area contributed by atoms with E-state index in [-0.39, 0.29) is 12.2 Å². The first-order chi connectivity index (χ1) is 11.3. The Bertz CT molecular complexity index is 573. The van der Waals surface area contributed by atoms with Gasteiger partial charge in [-0.15, -0.1) is 0 Å². The smallest absolute Gasteiger partial charge is 0.0852 e. The van der Waals surface area contributed by atoms with E-state index in [1.165, 1.54) is 11.1 Å². The van der Waals surface area contributed by atoms with Crippen molar-refractivity contribution in [2.75, 3.05) is 0 Å². The lowest BCUT2D eigenvalue weighted by Crippen LogP contribution is -2.38. The normalized spacial score (nSPS) is 24.5. The van der Waals surface area contributed by atoms with Gasteiger partial charge in [0.25, 0.3) is 0 Å². The Morgan fingerprint density at radius 1 is 0.739 bits per heavy atom. The highest BCUT2D eigenvalue weighted by molar-refractivity contribution is 9.09. The summed E-state index contributed by atoms with van der Waals surface area (Å²) in [5.74, 6) is 0. The SMILES string of the molecule is Br[C@H]1CC[C@@H](OCc2ccccc2)[C@@H](OCc2ccccc2)C1. The van der Waals surface area contributed by atoms with Gasteiger partial charge in [-0.25, -0.2) is 0 Å². The minimum atomic E-state index is 0.150. The van der Waals surface area contributed by atoms with E-state index in [2.05, 4.69) is 64.5 Å². The summed E-state index contributed by atoms with van der Waals surface area (Å²) < 4.78 is 12.4. The minimum absolute atomic E-state index is 0.150. The number of alkyl halides is 1. The number of ether oxygens (including phenoxy) is 2. The van der Waals surface area contributed by atoms with Gasteiger partial charge in [-0.05, 0) is 30.4 Å². The zero-order chi connectivity index (χ0) is 15.9. The lowest BCUT2D eigenvalue weighted by molar-refractivity contribution is -0.102. The lowest BCUT2D eigenvalue weighted by atomic mass is 9.94. The maximum absolute atomic E-state index is 6.19. The fourth-order valence-corrected chi connectivity index (χ4v) is 3.61. The van der Waals surface area contributed by atoms with Crippen molar-refractivity contribution in [3.05, 3.63) is 71.8 Å². The highest BCUT2D eigenvalue weighted by Crippen LogP contribution is 2.30. The summed E-state index contributed by atoms with van der Waals surface area (Å²) in [7, 11) is 0. The second-order valence-corrected chi connectivity index (χ2v) is 7.38. The highest BCUT2D eigenvalue weighted by atomic mass is 79.9. The average molecular weight is 375 g/mol. The Hall–Kier alpha value is -1.16. The van der Waals surface area contributed by atoms with Crippen LogP contribution >= 0.6 is 15.9 Å². The van der Waals surface area contributed by atoms with Gasteiger partial charge in [-0.1, -0.05) is 76.6 Å². The number of hydrogen-bond acceptors (Lipinski definition) is 2. The maximum atomic E-state index is 6.19. The van der Waals surface area contributed by atoms with Crippen LogP contribution in [0.1, 0.15) is 30.4 Å². The minimum Gasteiger partial charge on any atom is -0.371 e. The second-order valence-electron chi connectivity index (χ2n) is 6.08. The fourth-order valence-electron chi connectivity index (χ4n) is 2.97. The predicted octanol–water partition coefficient (Wildman–Crippen LogP) is 5.10. The van der Waals surface area contributed by atoms with Gasteiger partial charge < -0.3 is 9.47 Å². The van der Waals surface area contributed by atoms with E-state index in [1.807, 2.05) is 12.1 Å². The fraction of sp³-hybridized carbons (Fsp3) is 0.400. The Balaban J connectivity index is 1.55. The van der Waals surface area contributed by atoms with Crippen molar-refractivity contribution in [1.29, 1.82) is 0 Å². The average Bonchev–Trinajstić information content (AvgIpc) is 2.61. The topological polar surface area (TPSA) is 18.5 Å². The molecule has 1 aliphatic rings. The molecule has 0 N–H and O–H groups in total. The highest BCUT2D eigenvalue weighted by Gasteiger charge is 2.30. The monoisotopic (exact) mass is 374 g/mol. The Morgan fingerprint density at radius 2 is 1.26 bits per heavy atom. The van der Waals surface area contributed by atoms with Gasteiger partial charge in [0.05, 0.1) is 25.4 Å². The molecule has 0 saturated heterocycles. The van der Waals surface area contributed by atoms with Crippen molar-refractivity contribution >= 4 is 15.9 Å². The molecule has 0 heterocycles. The third kappa shape index (κ3) is 5.17. The summed E-state index contributed by atoms with van der Waals surface area (Å²) in [6.45, 7) is 1.31. The van der Waals surface area contributed by atoms with Gasteiger partial charge in [0.15, 0.2) is 0 Å². The van der Waals surface area contributed by atoms with Crippen LogP contribution < -0.4 is 0 Å². The Labute approximate surface area is 146 Å². The molecule has 0 unspecified atom stereocenters. The standard InChI is InChI=1S/C20H23BrO2/c21-18-11-12-19(22-14-16-7-3-1-4-8-16)20(13-18)23-15-17-9-5-2-6-10-17/h1-10,18-20H,11-15H2/t18-,19+,20-/m0/s1. The summed E-state index contributed by atoms with van der Waals surface area (Å²) >= 11 is 3.74. The van der Waals surface area contributed by atoms with E-state index in [4.69, 9.17) is 9.47 Å². The predicted molar refractivity (Wildman–Crippen MR) is 96.6 cm³/mol. The summed E-state index contributed by atoms with van der Waals surface area (Å²) in [5.41, 5.74) is 2.43. The maximum Gasteiger partial charge on any atom is 0.0852 e. The van der Waals surface area contributed by atoms with E-state index in [1.54, 1.807) is 0 Å². The molecule has 3 heteroatoms. The molecule has 0 bridgehead atoms. The number of hydrogen-bond donors (Lipinski definition) is 0. The molecule has 0 amide bonds. The third-order valence-corrected chi connectivity index (χ3v) is 5.11. The molecule has 0 aromatic heterocycles. The van der Waals surface area contributed by atoms with E-state index in [9.17, 15) is 0 Å². The molecule has 2 aromatic rings. The van der Waals surface area contributed by atoms with Crippen LogP contribution in [0.3, 0.4) is 0 Å². The van der Waals surface area contributed by atoms with Crippen LogP contribution in [-0.4, -0.2) is 17.0 Å². The Morgan fingerprint density at radius 3 is 1.83 bits per heavy atom. The Kier molecular flexibility index (Phi) is 6.26.